The van der Waals surface area contributed by atoms with Gasteiger partial charge in [0.15, 0.2) is 0 Å². The van der Waals surface area contributed by atoms with E-state index in [9.17, 15) is 9.59 Å². The first-order valence-corrected chi connectivity index (χ1v) is 5.91. The Morgan fingerprint density at radius 2 is 2.00 bits per heavy atom. The van der Waals surface area contributed by atoms with Gasteiger partial charge in [-0.1, -0.05) is 13.8 Å². The summed E-state index contributed by atoms with van der Waals surface area (Å²) in [7, 11) is 0. The van der Waals surface area contributed by atoms with Gasteiger partial charge >= 0.3 is 0 Å². The van der Waals surface area contributed by atoms with Crippen LogP contribution in [0.2, 0.25) is 0 Å². The number of aromatic nitrogens is 2. The zero-order chi connectivity index (χ0) is 12.4. The molecular formula is C12H17N3O2. The average Bonchev–Trinajstić information content (AvgIpc) is 2.28. The second-order valence-corrected chi connectivity index (χ2v) is 4.96. The number of H-pyrrole nitrogens is 1. The number of rotatable bonds is 1. The number of carbonyl (C=O) groups is 1. The van der Waals surface area contributed by atoms with Crippen LogP contribution < -0.4 is 5.56 Å². The van der Waals surface area contributed by atoms with Gasteiger partial charge in [-0.05, 0) is 24.3 Å². The number of hydrogen-bond donors (Lipinski definition) is 1. The molecule has 2 heterocycles. The number of amides is 1. The molecule has 2 atom stereocenters. The number of hydrogen-bond acceptors (Lipinski definition) is 3. The molecule has 1 amide bonds. The maximum absolute atomic E-state index is 12.1. The van der Waals surface area contributed by atoms with Crippen LogP contribution in [-0.4, -0.2) is 34.1 Å². The van der Waals surface area contributed by atoms with Crippen molar-refractivity contribution in [1.29, 1.82) is 0 Å². The number of nitrogens with one attached hydrogen (secondary N) is 1. The summed E-state index contributed by atoms with van der Waals surface area (Å²) in [5, 5.41) is 6.06. The van der Waals surface area contributed by atoms with Crippen molar-refractivity contribution < 1.29 is 4.79 Å². The molecule has 1 N–H and O–H groups in total. The van der Waals surface area contributed by atoms with Gasteiger partial charge in [0.25, 0.3) is 11.5 Å². The quantitative estimate of drug-likeness (QED) is 0.786. The molecule has 17 heavy (non-hydrogen) atoms. The fraction of sp³-hybridized carbons (Fsp3) is 0.583. The molecule has 0 bridgehead atoms. The Morgan fingerprint density at radius 3 is 2.53 bits per heavy atom. The molecule has 1 fully saturated rings. The Balaban J connectivity index is 2.14. The highest BCUT2D eigenvalue weighted by Crippen LogP contribution is 2.21. The smallest absolute Gasteiger partial charge is 0.274 e. The highest BCUT2D eigenvalue weighted by Gasteiger charge is 2.26. The van der Waals surface area contributed by atoms with Crippen LogP contribution in [0.15, 0.2) is 16.9 Å². The van der Waals surface area contributed by atoms with E-state index in [1.165, 1.54) is 12.1 Å². The van der Waals surface area contributed by atoms with Gasteiger partial charge in [-0.2, -0.15) is 5.10 Å². The number of likely N-dealkylation sites (tertiary alicyclic amines) is 1. The van der Waals surface area contributed by atoms with Crippen LogP contribution in [0.3, 0.4) is 0 Å². The molecule has 5 nitrogen and oxygen atoms in total. The summed E-state index contributed by atoms with van der Waals surface area (Å²) in [5.41, 5.74) is 0.0211. The van der Waals surface area contributed by atoms with Gasteiger partial charge in [0, 0.05) is 19.2 Å². The molecule has 92 valence electrons. The third-order valence-corrected chi connectivity index (χ3v) is 3.05. The molecule has 0 radical (unpaired) electrons. The molecule has 2 unspecified atom stereocenters. The minimum Gasteiger partial charge on any atom is -0.337 e. The summed E-state index contributed by atoms with van der Waals surface area (Å²) in [6.07, 6.45) is 1.16. The van der Waals surface area contributed by atoms with Crippen molar-refractivity contribution in [2.75, 3.05) is 13.1 Å². The molecule has 5 heteroatoms. The zero-order valence-corrected chi connectivity index (χ0v) is 10.1. The lowest BCUT2D eigenvalue weighted by Gasteiger charge is -2.34. The van der Waals surface area contributed by atoms with Crippen LogP contribution in [-0.2, 0) is 0 Å². The molecule has 2 rings (SSSR count). The molecule has 0 aromatic carbocycles. The van der Waals surface area contributed by atoms with Crippen molar-refractivity contribution in [3.8, 4) is 0 Å². The fourth-order valence-electron chi connectivity index (χ4n) is 2.45. The molecule has 0 saturated carbocycles. The molecule has 1 aliphatic rings. The Labute approximate surface area is 99.8 Å². The maximum atomic E-state index is 12.1. The minimum atomic E-state index is -0.290. The number of nitrogens with zero attached hydrogens (tertiary/aromatic N) is 2. The van der Waals surface area contributed by atoms with Crippen molar-refractivity contribution >= 4 is 5.91 Å². The van der Waals surface area contributed by atoms with Gasteiger partial charge in [-0.3, -0.25) is 9.59 Å². The highest BCUT2D eigenvalue weighted by molar-refractivity contribution is 5.92. The van der Waals surface area contributed by atoms with E-state index in [2.05, 4.69) is 24.0 Å². The molecular weight excluding hydrogens is 218 g/mol. The lowest BCUT2D eigenvalue weighted by Crippen LogP contribution is -2.43. The Bertz CT molecular complexity index is 439. The largest absolute Gasteiger partial charge is 0.337 e. The van der Waals surface area contributed by atoms with Crippen molar-refractivity contribution in [3.05, 3.63) is 28.2 Å². The second kappa shape index (κ2) is 4.69. The van der Waals surface area contributed by atoms with Crippen LogP contribution in [0.4, 0.5) is 0 Å². The fourth-order valence-corrected chi connectivity index (χ4v) is 2.45. The van der Waals surface area contributed by atoms with E-state index in [4.69, 9.17) is 0 Å². The zero-order valence-electron chi connectivity index (χ0n) is 10.1. The van der Waals surface area contributed by atoms with Gasteiger partial charge in [-0.25, -0.2) is 5.10 Å². The topological polar surface area (TPSA) is 66.1 Å². The summed E-state index contributed by atoms with van der Waals surface area (Å²) in [4.78, 5) is 24.8. The first-order valence-electron chi connectivity index (χ1n) is 5.91. The van der Waals surface area contributed by atoms with Crippen LogP contribution >= 0.6 is 0 Å². The Kier molecular flexibility index (Phi) is 3.26. The second-order valence-electron chi connectivity index (χ2n) is 4.96. The lowest BCUT2D eigenvalue weighted by atomic mass is 9.92. The maximum Gasteiger partial charge on any atom is 0.274 e. The molecule has 1 aliphatic heterocycles. The summed E-state index contributed by atoms with van der Waals surface area (Å²) >= 11 is 0. The lowest BCUT2D eigenvalue weighted by molar-refractivity contribution is 0.0616. The predicted molar refractivity (Wildman–Crippen MR) is 63.7 cm³/mol. The number of piperidine rings is 1. The standard InChI is InChI=1S/C12H17N3O2/c1-8-5-9(2)7-15(6-8)12(17)10-3-4-11(16)14-13-10/h3-4,8-9H,5-7H2,1-2H3,(H,14,16). The minimum absolute atomic E-state index is 0.0975. The first kappa shape index (κ1) is 11.8. The summed E-state index contributed by atoms with van der Waals surface area (Å²) in [6, 6.07) is 2.81. The van der Waals surface area contributed by atoms with Crippen molar-refractivity contribution in [3.63, 3.8) is 0 Å². The predicted octanol–water partition coefficient (Wildman–Crippen LogP) is 0.888. The van der Waals surface area contributed by atoms with E-state index in [-0.39, 0.29) is 11.5 Å². The summed E-state index contributed by atoms with van der Waals surface area (Å²) in [5.74, 6) is 0.940. The van der Waals surface area contributed by atoms with E-state index in [1.54, 1.807) is 0 Å². The van der Waals surface area contributed by atoms with E-state index in [1.807, 2.05) is 4.90 Å². The van der Waals surface area contributed by atoms with Crippen molar-refractivity contribution in [2.24, 2.45) is 11.8 Å². The van der Waals surface area contributed by atoms with Crippen LogP contribution in [0.5, 0.6) is 0 Å². The van der Waals surface area contributed by atoms with E-state index in [0.717, 1.165) is 19.5 Å². The Hall–Kier alpha value is -1.65. The van der Waals surface area contributed by atoms with Gasteiger partial charge in [0.05, 0.1) is 0 Å². The first-order chi connectivity index (χ1) is 8.06. The normalized spacial score (nSPS) is 24.7. The van der Waals surface area contributed by atoms with Gasteiger partial charge < -0.3 is 4.90 Å². The van der Waals surface area contributed by atoms with E-state index >= 15 is 0 Å². The molecule has 0 aliphatic carbocycles. The average molecular weight is 235 g/mol. The third kappa shape index (κ3) is 2.72. The monoisotopic (exact) mass is 235 g/mol. The third-order valence-electron chi connectivity index (χ3n) is 3.05. The number of carbonyl (C=O) groups excluding carboxylic acids is 1. The van der Waals surface area contributed by atoms with Crippen LogP contribution in [0.1, 0.15) is 30.8 Å². The van der Waals surface area contributed by atoms with Gasteiger partial charge in [0.1, 0.15) is 5.69 Å². The van der Waals surface area contributed by atoms with Crippen molar-refractivity contribution in [1.82, 2.24) is 15.1 Å². The van der Waals surface area contributed by atoms with E-state index in [0.29, 0.717) is 17.5 Å². The van der Waals surface area contributed by atoms with Crippen molar-refractivity contribution in [2.45, 2.75) is 20.3 Å². The van der Waals surface area contributed by atoms with Crippen LogP contribution in [0.25, 0.3) is 0 Å². The molecule has 1 aromatic rings. The van der Waals surface area contributed by atoms with E-state index < -0.39 is 0 Å². The molecule has 1 saturated heterocycles. The highest BCUT2D eigenvalue weighted by atomic mass is 16.2. The SMILES string of the molecule is CC1CC(C)CN(C(=O)c2ccc(=O)[nH]n2)C1. The molecule has 1 aromatic heterocycles. The summed E-state index contributed by atoms with van der Waals surface area (Å²) in [6.45, 7) is 5.83. The van der Waals surface area contributed by atoms with Crippen LogP contribution in [0, 0.1) is 11.8 Å². The van der Waals surface area contributed by atoms with Gasteiger partial charge in [0.2, 0.25) is 0 Å². The van der Waals surface area contributed by atoms with Gasteiger partial charge in [-0.15, -0.1) is 0 Å². The Morgan fingerprint density at radius 1 is 1.35 bits per heavy atom. The summed E-state index contributed by atoms with van der Waals surface area (Å²) < 4.78 is 0. The molecule has 0 spiro atoms. The number of aromatic amines is 1.